The summed E-state index contributed by atoms with van der Waals surface area (Å²) in [4.78, 5) is 7.03. The molecule has 0 unspecified atom stereocenters. The molecule has 0 spiro atoms. The van der Waals surface area contributed by atoms with Gasteiger partial charge in [-0.1, -0.05) is 25.5 Å². The summed E-state index contributed by atoms with van der Waals surface area (Å²) in [5.41, 5.74) is 1.11. The smallest absolute Gasteiger partial charge is 0.191 e. The summed E-state index contributed by atoms with van der Waals surface area (Å²) in [7, 11) is 3.55. The van der Waals surface area contributed by atoms with Gasteiger partial charge >= 0.3 is 0 Å². The van der Waals surface area contributed by atoms with Gasteiger partial charge in [0.15, 0.2) is 17.5 Å². The maximum atomic E-state index is 6.36. The molecule has 0 amide bonds. The van der Waals surface area contributed by atoms with Gasteiger partial charge in [0.1, 0.15) is 0 Å². The SMILES string of the molecule is CCCCN1CCC(NC(=NC)NCc2cccc(OC)c2OC2CCCC2)CC1.I. The van der Waals surface area contributed by atoms with Crippen molar-refractivity contribution in [1.82, 2.24) is 15.5 Å². The zero-order valence-electron chi connectivity index (χ0n) is 19.5. The normalized spacial score (nSPS) is 18.5. The van der Waals surface area contributed by atoms with Crippen LogP contribution in [-0.2, 0) is 6.54 Å². The quantitative estimate of drug-likeness (QED) is 0.271. The lowest BCUT2D eigenvalue weighted by Gasteiger charge is -2.33. The fraction of sp³-hybridized carbons (Fsp3) is 0.708. The zero-order chi connectivity index (χ0) is 21.2. The Kier molecular flexibility index (Phi) is 11.8. The third kappa shape index (κ3) is 8.00. The second-order valence-corrected chi connectivity index (χ2v) is 8.51. The Morgan fingerprint density at radius 1 is 1.16 bits per heavy atom. The van der Waals surface area contributed by atoms with Gasteiger partial charge in [0, 0.05) is 38.3 Å². The lowest BCUT2D eigenvalue weighted by Crippen LogP contribution is -2.48. The highest BCUT2D eigenvalue weighted by Gasteiger charge is 2.22. The van der Waals surface area contributed by atoms with E-state index in [1.165, 1.54) is 58.2 Å². The summed E-state index contributed by atoms with van der Waals surface area (Å²) in [6, 6.07) is 6.60. The largest absolute Gasteiger partial charge is 0.493 e. The molecule has 0 bridgehead atoms. The average Bonchev–Trinajstić information content (AvgIpc) is 3.30. The number of rotatable bonds is 9. The topological polar surface area (TPSA) is 58.1 Å². The Morgan fingerprint density at radius 3 is 2.55 bits per heavy atom. The molecule has 1 heterocycles. The van der Waals surface area contributed by atoms with Crippen molar-refractivity contribution in [3.05, 3.63) is 23.8 Å². The number of piperidine rings is 1. The Labute approximate surface area is 205 Å². The number of methoxy groups -OCH3 is 1. The summed E-state index contributed by atoms with van der Waals surface area (Å²) in [6.07, 6.45) is 9.96. The van der Waals surface area contributed by atoms with Crippen molar-refractivity contribution in [2.75, 3.05) is 33.8 Å². The van der Waals surface area contributed by atoms with Gasteiger partial charge in [-0.25, -0.2) is 0 Å². The van der Waals surface area contributed by atoms with Crippen LogP contribution in [0, 0.1) is 0 Å². The van der Waals surface area contributed by atoms with E-state index in [0.29, 0.717) is 18.7 Å². The number of guanidine groups is 1. The number of nitrogens with zero attached hydrogens (tertiary/aromatic N) is 2. The van der Waals surface area contributed by atoms with E-state index in [-0.39, 0.29) is 24.0 Å². The highest BCUT2D eigenvalue weighted by Crippen LogP contribution is 2.34. The molecule has 176 valence electrons. The molecule has 2 aliphatic rings. The van der Waals surface area contributed by atoms with Crippen LogP contribution in [0.1, 0.15) is 63.9 Å². The predicted octanol–water partition coefficient (Wildman–Crippen LogP) is 4.56. The average molecular weight is 545 g/mol. The number of unbranched alkanes of at least 4 members (excludes halogenated alkanes) is 1. The zero-order valence-corrected chi connectivity index (χ0v) is 21.8. The van der Waals surface area contributed by atoms with Gasteiger partial charge in [-0.3, -0.25) is 4.99 Å². The van der Waals surface area contributed by atoms with Crippen LogP contribution in [0.25, 0.3) is 0 Å². The van der Waals surface area contributed by atoms with Gasteiger partial charge < -0.3 is 25.0 Å². The van der Waals surface area contributed by atoms with E-state index in [2.05, 4.69) is 33.5 Å². The van der Waals surface area contributed by atoms with E-state index >= 15 is 0 Å². The molecule has 0 aromatic heterocycles. The third-order valence-corrected chi connectivity index (χ3v) is 6.29. The number of likely N-dealkylation sites (tertiary alicyclic amines) is 1. The number of halogens is 1. The minimum absolute atomic E-state index is 0. The summed E-state index contributed by atoms with van der Waals surface area (Å²) in [5, 5.41) is 7.10. The maximum Gasteiger partial charge on any atom is 0.191 e. The van der Waals surface area contributed by atoms with Crippen LogP contribution in [0.15, 0.2) is 23.2 Å². The first kappa shape index (κ1) is 26.0. The van der Waals surface area contributed by atoms with E-state index in [1.807, 2.05) is 19.2 Å². The molecule has 1 aliphatic carbocycles. The molecular formula is C24H41IN4O2. The van der Waals surface area contributed by atoms with Crippen molar-refractivity contribution in [2.45, 2.75) is 77.0 Å². The van der Waals surface area contributed by atoms with Crippen molar-refractivity contribution in [3.8, 4) is 11.5 Å². The van der Waals surface area contributed by atoms with Crippen molar-refractivity contribution >= 4 is 29.9 Å². The van der Waals surface area contributed by atoms with Gasteiger partial charge in [0.05, 0.1) is 13.2 Å². The number of ether oxygens (including phenoxy) is 2. The molecule has 2 fully saturated rings. The van der Waals surface area contributed by atoms with Crippen LogP contribution in [0.5, 0.6) is 11.5 Å². The summed E-state index contributed by atoms with van der Waals surface area (Å²) < 4.78 is 11.9. The summed E-state index contributed by atoms with van der Waals surface area (Å²) in [6.45, 7) is 6.49. The summed E-state index contributed by atoms with van der Waals surface area (Å²) >= 11 is 0. The van der Waals surface area contributed by atoms with Gasteiger partial charge in [0.2, 0.25) is 0 Å². The Balaban J connectivity index is 0.00000341. The minimum Gasteiger partial charge on any atom is -0.493 e. The van der Waals surface area contributed by atoms with Crippen LogP contribution in [0.3, 0.4) is 0 Å². The van der Waals surface area contributed by atoms with Gasteiger partial charge in [0.25, 0.3) is 0 Å². The molecule has 7 heteroatoms. The molecular weight excluding hydrogens is 503 g/mol. The summed E-state index contributed by atoms with van der Waals surface area (Å²) in [5.74, 6) is 2.54. The minimum atomic E-state index is 0. The molecule has 1 saturated carbocycles. The monoisotopic (exact) mass is 544 g/mol. The number of benzene rings is 1. The highest BCUT2D eigenvalue weighted by atomic mass is 127. The number of nitrogens with one attached hydrogen (secondary N) is 2. The van der Waals surface area contributed by atoms with E-state index in [4.69, 9.17) is 9.47 Å². The number of hydrogen-bond donors (Lipinski definition) is 2. The lowest BCUT2D eigenvalue weighted by molar-refractivity contribution is 0.198. The van der Waals surface area contributed by atoms with Crippen molar-refractivity contribution in [2.24, 2.45) is 4.99 Å². The van der Waals surface area contributed by atoms with Gasteiger partial charge in [-0.15, -0.1) is 24.0 Å². The van der Waals surface area contributed by atoms with E-state index in [1.54, 1.807) is 7.11 Å². The molecule has 1 aromatic carbocycles. The molecule has 0 atom stereocenters. The van der Waals surface area contributed by atoms with E-state index < -0.39 is 0 Å². The molecule has 31 heavy (non-hydrogen) atoms. The van der Waals surface area contributed by atoms with Crippen LogP contribution >= 0.6 is 24.0 Å². The van der Waals surface area contributed by atoms with Gasteiger partial charge in [-0.2, -0.15) is 0 Å². The van der Waals surface area contributed by atoms with E-state index in [0.717, 1.165) is 35.9 Å². The van der Waals surface area contributed by atoms with Crippen LogP contribution in [0.4, 0.5) is 0 Å². The lowest BCUT2D eigenvalue weighted by atomic mass is 10.0. The molecule has 6 nitrogen and oxygen atoms in total. The molecule has 2 N–H and O–H groups in total. The second-order valence-electron chi connectivity index (χ2n) is 8.51. The number of hydrogen-bond acceptors (Lipinski definition) is 4. The molecule has 1 aliphatic heterocycles. The number of aliphatic imine (C=N–C) groups is 1. The fourth-order valence-corrected chi connectivity index (χ4v) is 4.42. The first-order chi connectivity index (χ1) is 14.7. The van der Waals surface area contributed by atoms with Crippen molar-refractivity contribution in [1.29, 1.82) is 0 Å². The fourth-order valence-electron chi connectivity index (χ4n) is 4.42. The first-order valence-corrected chi connectivity index (χ1v) is 11.8. The Hall–Kier alpha value is -1.22. The van der Waals surface area contributed by atoms with E-state index in [9.17, 15) is 0 Å². The predicted molar refractivity (Wildman–Crippen MR) is 139 cm³/mol. The standard InChI is InChI=1S/C24H40N4O2.HI/c1-4-5-15-28-16-13-20(14-17-28)27-24(25-2)26-18-19-9-8-12-22(29-3)23(19)30-21-10-6-7-11-21;/h8-9,12,20-21H,4-7,10-11,13-18H2,1-3H3,(H2,25,26,27);1H. The maximum absolute atomic E-state index is 6.36. The Bertz CT molecular complexity index is 672. The third-order valence-electron chi connectivity index (χ3n) is 6.29. The molecule has 3 rings (SSSR count). The molecule has 1 saturated heterocycles. The molecule has 1 aromatic rings. The van der Waals surface area contributed by atoms with Crippen LogP contribution < -0.4 is 20.1 Å². The molecule has 0 radical (unpaired) electrons. The first-order valence-electron chi connectivity index (χ1n) is 11.8. The van der Waals surface area contributed by atoms with Crippen molar-refractivity contribution < 1.29 is 9.47 Å². The van der Waals surface area contributed by atoms with Gasteiger partial charge in [-0.05, 0) is 57.6 Å². The van der Waals surface area contributed by atoms with Crippen LogP contribution in [0.2, 0.25) is 0 Å². The number of para-hydroxylation sites is 1. The van der Waals surface area contributed by atoms with Crippen LogP contribution in [-0.4, -0.2) is 56.8 Å². The van der Waals surface area contributed by atoms with Crippen molar-refractivity contribution in [3.63, 3.8) is 0 Å². The Morgan fingerprint density at radius 2 is 1.90 bits per heavy atom. The highest BCUT2D eigenvalue weighted by molar-refractivity contribution is 14.0. The second kappa shape index (κ2) is 14.0.